The maximum absolute atomic E-state index is 13.4. The highest BCUT2D eigenvalue weighted by atomic mass is 32.2. The molecule has 2 aromatic carbocycles. The van der Waals surface area contributed by atoms with Gasteiger partial charge >= 0.3 is 0 Å². The zero-order valence-electron chi connectivity index (χ0n) is 19.8. The van der Waals surface area contributed by atoms with Gasteiger partial charge in [0, 0.05) is 12.2 Å². The van der Waals surface area contributed by atoms with Crippen molar-refractivity contribution in [1.82, 2.24) is 9.97 Å². The van der Waals surface area contributed by atoms with Crippen LogP contribution in [0.1, 0.15) is 34.3 Å². The molecular formula is C26H25FN4O4S. The Kier molecular flexibility index (Phi) is 7.44. The molecule has 1 N–H and O–H groups in total. The number of anilines is 2. The Labute approximate surface area is 208 Å². The third kappa shape index (κ3) is 5.95. The van der Waals surface area contributed by atoms with Crippen molar-refractivity contribution < 1.29 is 22.0 Å². The quantitative estimate of drug-likeness (QED) is 0.325. The number of carbonyl (C=O) groups excluding carboxylic acids is 1. The number of amides is 1. The van der Waals surface area contributed by atoms with Crippen LogP contribution in [0.4, 0.5) is 15.8 Å². The van der Waals surface area contributed by atoms with Crippen molar-refractivity contribution in [1.29, 1.82) is 0 Å². The molecule has 186 valence electrons. The van der Waals surface area contributed by atoms with Gasteiger partial charge in [0.15, 0.2) is 5.69 Å². The van der Waals surface area contributed by atoms with Crippen molar-refractivity contribution >= 4 is 27.1 Å². The van der Waals surface area contributed by atoms with E-state index in [-0.39, 0.29) is 18.0 Å². The van der Waals surface area contributed by atoms with Crippen LogP contribution in [0.25, 0.3) is 0 Å². The second-order valence-corrected chi connectivity index (χ2v) is 10.3. The second-order valence-electron chi connectivity index (χ2n) is 8.17. The molecule has 0 aliphatic carbocycles. The Morgan fingerprint density at radius 2 is 1.78 bits per heavy atom. The van der Waals surface area contributed by atoms with E-state index in [1.165, 1.54) is 37.4 Å². The minimum atomic E-state index is -3.78. The van der Waals surface area contributed by atoms with E-state index in [0.717, 1.165) is 11.1 Å². The van der Waals surface area contributed by atoms with Gasteiger partial charge in [0.25, 0.3) is 5.91 Å². The summed E-state index contributed by atoms with van der Waals surface area (Å²) in [6.07, 6.45) is 2.89. The first-order chi connectivity index (χ1) is 17.2. The molecule has 2 heterocycles. The molecule has 36 heavy (non-hydrogen) atoms. The van der Waals surface area contributed by atoms with Crippen molar-refractivity contribution in [2.24, 2.45) is 0 Å². The van der Waals surface area contributed by atoms with Gasteiger partial charge in [-0.05, 0) is 48.9 Å². The maximum Gasteiger partial charge on any atom is 0.276 e. The average molecular weight is 509 g/mol. The molecule has 0 radical (unpaired) electrons. The summed E-state index contributed by atoms with van der Waals surface area (Å²) in [5.41, 5.74) is 2.60. The van der Waals surface area contributed by atoms with E-state index in [4.69, 9.17) is 4.42 Å². The minimum absolute atomic E-state index is 0.125. The SMILES string of the molecule is CCS(=O)(=O)c1ncc(N(Cc2ccc(C)cc2)Cc2ccco2)c(C(=O)Nc2ccc(F)cc2)n1. The molecule has 0 saturated heterocycles. The lowest BCUT2D eigenvalue weighted by atomic mass is 10.1. The van der Waals surface area contributed by atoms with Gasteiger partial charge in [0.1, 0.15) is 11.6 Å². The molecule has 0 unspecified atom stereocenters. The first-order valence-electron chi connectivity index (χ1n) is 11.2. The fourth-order valence-corrected chi connectivity index (χ4v) is 4.19. The van der Waals surface area contributed by atoms with Gasteiger partial charge in [-0.3, -0.25) is 4.79 Å². The van der Waals surface area contributed by atoms with Gasteiger partial charge in [0.2, 0.25) is 15.0 Å². The Bertz CT molecular complexity index is 1440. The highest BCUT2D eigenvalue weighted by Gasteiger charge is 2.25. The summed E-state index contributed by atoms with van der Waals surface area (Å²) in [6, 6.07) is 16.7. The standard InChI is InChI=1S/C26H25FN4O4S/c1-3-36(33,34)26-28-15-23(24(30-26)25(32)29-21-12-10-20(27)11-13-21)31(17-22-5-4-14-35-22)16-19-8-6-18(2)7-9-19/h4-15H,3,16-17H2,1-2H3,(H,29,32). The van der Waals surface area contributed by atoms with Crippen LogP contribution in [0.2, 0.25) is 0 Å². The molecule has 4 rings (SSSR count). The number of nitrogens with zero attached hydrogens (tertiary/aromatic N) is 3. The van der Waals surface area contributed by atoms with E-state index in [2.05, 4.69) is 15.3 Å². The number of aryl methyl sites for hydroxylation is 1. The van der Waals surface area contributed by atoms with Crippen LogP contribution < -0.4 is 10.2 Å². The van der Waals surface area contributed by atoms with Gasteiger partial charge in [-0.2, -0.15) is 0 Å². The molecular weight excluding hydrogens is 483 g/mol. The number of hydrogen-bond acceptors (Lipinski definition) is 7. The summed E-state index contributed by atoms with van der Waals surface area (Å²) in [4.78, 5) is 23.5. The second kappa shape index (κ2) is 10.7. The summed E-state index contributed by atoms with van der Waals surface area (Å²) in [6.45, 7) is 4.12. The zero-order valence-corrected chi connectivity index (χ0v) is 20.6. The van der Waals surface area contributed by atoms with Crippen LogP contribution in [-0.4, -0.2) is 30.0 Å². The predicted molar refractivity (Wildman–Crippen MR) is 134 cm³/mol. The number of nitrogens with one attached hydrogen (secondary N) is 1. The Morgan fingerprint density at radius 3 is 2.42 bits per heavy atom. The van der Waals surface area contributed by atoms with E-state index in [0.29, 0.717) is 23.7 Å². The normalized spacial score (nSPS) is 11.3. The number of hydrogen-bond donors (Lipinski definition) is 1. The summed E-state index contributed by atoms with van der Waals surface area (Å²) in [5, 5.41) is 2.23. The summed E-state index contributed by atoms with van der Waals surface area (Å²) < 4.78 is 43.9. The molecule has 0 spiro atoms. The molecule has 8 nitrogen and oxygen atoms in total. The monoisotopic (exact) mass is 508 g/mol. The Balaban J connectivity index is 1.78. The van der Waals surface area contributed by atoms with Crippen molar-refractivity contribution in [3.05, 3.63) is 102 Å². The van der Waals surface area contributed by atoms with Gasteiger partial charge in [-0.25, -0.2) is 22.8 Å². The summed E-state index contributed by atoms with van der Waals surface area (Å²) >= 11 is 0. The molecule has 0 saturated carbocycles. The molecule has 0 bridgehead atoms. The number of sulfone groups is 1. The van der Waals surface area contributed by atoms with Crippen LogP contribution in [0.5, 0.6) is 0 Å². The molecule has 0 fully saturated rings. The predicted octanol–water partition coefficient (Wildman–Crippen LogP) is 4.77. The summed E-state index contributed by atoms with van der Waals surface area (Å²) in [5.74, 6) is -0.683. The third-order valence-electron chi connectivity index (χ3n) is 5.48. The van der Waals surface area contributed by atoms with Crippen molar-refractivity contribution in [3.63, 3.8) is 0 Å². The van der Waals surface area contributed by atoms with E-state index >= 15 is 0 Å². The Hall–Kier alpha value is -4.05. The number of benzene rings is 2. The van der Waals surface area contributed by atoms with Crippen LogP contribution in [0.15, 0.2) is 82.7 Å². The lowest BCUT2D eigenvalue weighted by molar-refractivity contribution is 0.102. The summed E-state index contributed by atoms with van der Waals surface area (Å²) in [7, 11) is -3.78. The van der Waals surface area contributed by atoms with Crippen LogP contribution in [0, 0.1) is 12.7 Å². The number of aromatic nitrogens is 2. The third-order valence-corrected chi connectivity index (χ3v) is 7.00. The molecule has 0 atom stereocenters. The number of carbonyl (C=O) groups is 1. The smallest absolute Gasteiger partial charge is 0.276 e. The lowest BCUT2D eigenvalue weighted by Gasteiger charge is -2.25. The average Bonchev–Trinajstić information content (AvgIpc) is 3.39. The van der Waals surface area contributed by atoms with Crippen LogP contribution in [-0.2, 0) is 22.9 Å². The van der Waals surface area contributed by atoms with Crippen molar-refractivity contribution in [2.45, 2.75) is 32.1 Å². The largest absolute Gasteiger partial charge is 0.467 e. The van der Waals surface area contributed by atoms with Gasteiger partial charge in [0.05, 0.1) is 30.4 Å². The molecule has 0 aliphatic heterocycles. The number of furan rings is 1. The molecule has 4 aromatic rings. The van der Waals surface area contributed by atoms with Crippen molar-refractivity contribution in [3.8, 4) is 0 Å². The van der Waals surface area contributed by atoms with E-state index < -0.39 is 26.7 Å². The number of halogens is 1. The maximum atomic E-state index is 13.4. The van der Waals surface area contributed by atoms with Crippen LogP contribution in [0.3, 0.4) is 0 Å². The first-order valence-corrected chi connectivity index (χ1v) is 12.9. The highest BCUT2D eigenvalue weighted by Crippen LogP contribution is 2.26. The first kappa shape index (κ1) is 25.1. The van der Waals surface area contributed by atoms with E-state index in [1.54, 1.807) is 18.4 Å². The van der Waals surface area contributed by atoms with Gasteiger partial charge in [-0.15, -0.1) is 0 Å². The molecule has 1 amide bonds. The molecule has 2 aromatic heterocycles. The van der Waals surface area contributed by atoms with Crippen molar-refractivity contribution in [2.75, 3.05) is 16.0 Å². The van der Waals surface area contributed by atoms with E-state index in [9.17, 15) is 17.6 Å². The highest BCUT2D eigenvalue weighted by molar-refractivity contribution is 7.91. The lowest BCUT2D eigenvalue weighted by Crippen LogP contribution is -2.27. The van der Waals surface area contributed by atoms with Gasteiger partial charge < -0.3 is 14.6 Å². The molecule has 0 aliphatic rings. The minimum Gasteiger partial charge on any atom is -0.467 e. The van der Waals surface area contributed by atoms with Crippen LogP contribution >= 0.6 is 0 Å². The van der Waals surface area contributed by atoms with E-state index in [1.807, 2.05) is 36.1 Å². The molecule has 10 heteroatoms. The Morgan fingerprint density at radius 1 is 1.06 bits per heavy atom. The zero-order chi connectivity index (χ0) is 25.7. The van der Waals surface area contributed by atoms with Gasteiger partial charge in [-0.1, -0.05) is 36.8 Å². The number of rotatable bonds is 9. The topological polar surface area (TPSA) is 105 Å². The fourth-order valence-electron chi connectivity index (χ4n) is 3.49. The fraction of sp³-hybridized carbons (Fsp3) is 0.192.